The molecule has 0 bridgehead atoms. The molecule has 0 saturated heterocycles. The van der Waals surface area contributed by atoms with Crippen LogP contribution in [-0.2, 0) is 17.6 Å². The zero-order chi connectivity index (χ0) is 21.9. The summed E-state index contributed by atoms with van der Waals surface area (Å²) in [6, 6.07) is 6.16. The number of amides is 2. The Hall–Kier alpha value is -2.34. The number of nitrogens with one attached hydrogen (secondary N) is 1. The summed E-state index contributed by atoms with van der Waals surface area (Å²) in [6.45, 7) is 8.49. The van der Waals surface area contributed by atoms with Gasteiger partial charge in [0.1, 0.15) is 10.8 Å². The first kappa shape index (κ1) is 22.3. The van der Waals surface area contributed by atoms with Gasteiger partial charge >= 0.3 is 0 Å². The van der Waals surface area contributed by atoms with E-state index in [9.17, 15) is 9.59 Å². The average Bonchev–Trinajstić information content (AvgIpc) is 3.05. The van der Waals surface area contributed by atoms with Crippen molar-refractivity contribution in [3.8, 4) is 5.75 Å². The zero-order valence-corrected chi connectivity index (χ0v) is 19.2. The summed E-state index contributed by atoms with van der Waals surface area (Å²) in [5.41, 5.74) is 8.89. The van der Waals surface area contributed by atoms with E-state index in [4.69, 9.17) is 10.5 Å². The second-order valence-corrected chi connectivity index (χ2v) is 9.94. The highest BCUT2D eigenvalue weighted by molar-refractivity contribution is 7.17. The van der Waals surface area contributed by atoms with Gasteiger partial charge in [-0.1, -0.05) is 26.0 Å². The molecule has 1 aliphatic rings. The number of nitrogens with two attached hydrogens (primary N) is 1. The van der Waals surface area contributed by atoms with Crippen molar-refractivity contribution >= 4 is 28.2 Å². The van der Waals surface area contributed by atoms with Gasteiger partial charge in [0.15, 0.2) is 0 Å². The third-order valence-corrected chi connectivity index (χ3v) is 7.01. The van der Waals surface area contributed by atoms with Gasteiger partial charge in [-0.25, -0.2) is 0 Å². The largest absolute Gasteiger partial charge is 0.493 e. The van der Waals surface area contributed by atoms with Crippen LogP contribution in [-0.4, -0.2) is 18.4 Å². The second-order valence-electron chi connectivity index (χ2n) is 8.84. The van der Waals surface area contributed by atoms with Crippen LogP contribution in [0.15, 0.2) is 18.2 Å². The van der Waals surface area contributed by atoms with Crippen molar-refractivity contribution in [2.45, 2.75) is 66.2 Å². The summed E-state index contributed by atoms with van der Waals surface area (Å²) in [4.78, 5) is 26.2. The number of primary amides is 1. The average molecular weight is 429 g/mol. The third-order valence-electron chi connectivity index (χ3n) is 5.81. The van der Waals surface area contributed by atoms with Gasteiger partial charge in [0.05, 0.1) is 12.2 Å². The standard InChI is InChI=1S/C24H32N2O3S/c1-15-10-11-16(2)18(14-15)29-13-7-12-24(3,4)23(28)26-22-20(21(25)27)17-8-5-6-9-19(17)30-22/h10-11,14H,5-9,12-13H2,1-4H3,(H2,25,27)(H,26,28). The van der Waals surface area contributed by atoms with Gasteiger partial charge in [0, 0.05) is 10.3 Å². The molecule has 3 N–H and O–H groups in total. The minimum atomic E-state index is -0.579. The summed E-state index contributed by atoms with van der Waals surface area (Å²) in [6.07, 6.45) is 5.43. The van der Waals surface area contributed by atoms with Crippen LogP contribution < -0.4 is 15.8 Å². The fourth-order valence-electron chi connectivity index (χ4n) is 3.86. The molecule has 0 atom stereocenters. The molecule has 162 valence electrons. The minimum absolute atomic E-state index is 0.0877. The van der Waals surface area contributed by atoms with Gasteiger partial charge in [0.25, 0.3) is 5.91 Å². The van der Waals surface area contributed by atoms with E-state index in [1.807, 2.05) is 33.8 Å². The number of benzene rings is 1. The molecule has 6 heteroatoms. The lowest BCUT2D eigenvalue weighted by Crippen LogP contribution is -2.31. The molecule has 1 aromatic heterocycles. The molecule has 30 heavy (non-hydrogen) atoms. The molecule has 1 aromatic carbocycles. The lowest BCUT2D eigenvalue weighted by atomic mass is 9.87. The Bertz CT molecular complexity index is 946. The number of ether oxygens (including phenoxy) is 1. The van der Waals surface area contributed by atoms with E-state index >= 15 is 0 Å². The Kier molecular flexibility index (Phi) is 6.86. The van der Waals surface area contributed by atoms with E-state index in [0.717, 1.165) is 49.0 Å². The van der Waals surface area contributed by atoms with Crippen LogP contribution in [0.3, 0.4) is 0 Å². The Morgan fingerprint density at radius 1 is 1.20 bits per heavy atom. The predicted molar refractivity (Wildman–Crippen MR) is 123 cm³/mol. The molecule has 0 spiro atoms. The summed E-state index contributed by atoms with van der Waals surface area (Å²) in [5.74, 6) is 0.354. The van der Waals surface area contributed by atoms with E-state index in [0.29, 0.717) is 23.6 Å². The van der Waals surface area contributed by atoms with Crippen LogP contribution in [0.5, 0.6) is 5.75 Å². The molecule has 0 unspecified atom stereocenters. The topological polar surface area (TPSA) is 81.4 Å². The number of fused-ring (bicyclic) bond motifs is 1. The molecule has 1 aliphatic carbocycles. The Morgan fingerprint density at radius 2 is 1.93 bits per heavy atom. The summed E-state index contributed by atoms with van der Waals surface area (Å²) in [5, 5.41) is 3.61. The van der Waals surface area contributed by atoms with Gasteiger partial charge in [0.2, 0.25) is 5.91 Å². The molecule has 3 rings (SSSR count). The maximum Gasteiger partial charge on any atom is 0.251 e. The van der Waals surface area contributed by atoms with E-state index < -0.39 is 11.3 Å². The van der Waals surface area contributed by atoms with Crippen LogP contribution in [0.1, 0.15) is 71.5 Å². The van der Waals surface area contributed by atoms with Crippen molar-refractivity contribution in [1.82, 2.24) is 0 Å². The monoisotopic (exact) mass is 428 g/mol. The molecule has 0 saturated carbocycles. The molecule has 2 amide bonds. The van der Waals surface area contributed by atoms with Gasteiger partial charge in [-0.2, -0.15) is 0 Å². The summed E-state index contributed by atoms with van der Waals surface area (Å²) in [7, 11) is 0. The number of hydrogen-bond acceptors (Lipinski definition) is 4. The molecular weight excluding hydrogens is 396 g/mol. The smallest absolute Gasteiger partial charge is 0.251 e. The molecule has 0 fully saturated rings. The van der Waals surface area contributed by atoms with Gasteiger partial charge in [-0.15, -0.1) is 11.3 Å². The maximum absolute atomic E-state index is 13.0. The highest BCUT2D eigenvalue weighted by atomic mass is 32.1. The van der Waals surface area contributed by atoms with Crippen molar-refractivity contribution in [3.05, 3.63) is 45.3 Å². The van der Waals surface area contributed by atoms with Crippen molar-refractivity contribution < 1.29 is 14.3 Å². The normalized spacial score (nSPS) is 13.6. The number of aryl methyl sites for hydroxylation is 3. The molecule has 0 aliphatic heterocycles. The van der Waals surface area contributed by atoms with Crippen molar-refractivity contribution in [3.63, 3.8) is 0 Å². The van der Waals surface area contributed by atoms with Crippen LogP contribution in [0.25, 0.3) is 0 Å². The Labute approximate surface area is 183 Å². The van der Waals surface area contributed by atoms with Crippen LogP contribution in [0.2, 0.25) is 0 Å². The number of carbonyl (C=O) groups is 2. The molecule has 2 aromatic rings. The van der Waals surface area contributed by atoms with E-state index in [2.05, 4.69) is 17.4 Å². The first-order valence-electron chi connectivity index (χ1n) is 10.6. The number of anilines is 1. The maximum atomic E-state index is 13.0. The van der Waals surface area contributed by atoms with Crippen LogP contribution in [0, 0.1) is 19.3 Å². The van der Waals surface area contributed by atoms with E-state index in [1.54, 1.807) is 0 Å². The van der Waals surface area contributed by atoms with E-state index in [1.165, 1.54) is 21.8 Å². The lowest BCUT2D eigenvalue weighted by molar-refractivity contribution is -0.124. The Morgan fingerprint density at radius 3 is 2.67 bits per heavy atom. The van der Waals surface area contributed by atoms with Crippen LogP contribution >= 0.6 is 11.3 Å². The number of thiophene rings is 1. The molecular formula is C24H32N2O3S. The molecule has 0 radical (unpaired) electrons. The number of rotatable bonds is 8. The zero-order valence-electron chi connectivity index (χ0n) is 18.4. The van der Waals surface area contributed by atoms with Crippen molar-refractivity contribution in [2.75, 3.05) is 11.9 Å². The predicted octanol–water partition coefficient (Wildman–Crippen LogP) is 5.17. The molecule has 1 heterocycles. The SMILES string of the molecule is Cc1ccc(C)c(OCCCC(C)(C)C(=O)Nc2sc3c(c2C(N)=O)CCCC3)c1. The Balaban J connectivity index is 1.60. The van der Waals surface area contributed by atoms with Crippen molar-refractivity contribution in [1.29, 1.82) is 0 Å². The minimum Gasteiger partial charge on any atom is -0.493 e. The van der Waals surface area contributed by atoms with Gasteiger partial charge in [-0.05, 0) is 75.1 Å². The number of carbonyl (C=O) groups excluding carboxylic acids is 2. The lowest BCUT2D eigenvalue weighted by Gasteiger charge is -2.23. The van der Waals surface area contributed by atoms with E-state index in [-0.39, 0.29) is 5.91 Å². The van der Waals surface area contributed by atoms with Gasteiger partial charge < -0.3 is 15.8 Å². The van der Waals surface area contributed by atoms with Gasteiger partial charge in [-0.3, -0.25) is 9.59 Å². The molecule has 5 nitrogen and oxygen atoms in total. The summed E-state index contributed by atoms with van der Waals surface area (Å²) >= 11 is 1.51. The fraction of sp³-hybridized carbons (Fsp3) is 0.500. The fourth-order valence-corrected chi connectivity index (χ4v) is 5.15. The highest BCUT2D eigenvalue weighted by Crippen LogP contribution is 2.39. The highest BCUT2D eigenvalue weighted by Gasteiger charge is 2.31. The van der Waals surface area contributed by atoms with Crippen molar-refractivity contribution in [2.24, 2.45) is 11.1 Å². The second kappa shape index (κ2) is 9.21. The third kappa shape index (κ3) is 5.04. The first-order chi connectivity index (χ1) is 14.2. The number of hydrogen-bond donors (Lipinski definition) is 2. The first-order valence-corrected chi connectivity index (χ1v) is 11.5. The quantitative estimate of drug-likeness (QED) is 0.569. The van der Waals surface area contributed by atoms with Crippen LogP contribution in [0.4, 0.5) is 5.00 Å². The summed E-state index contributed by atoms with van der Waals surface area (Å²) < 4.78 is 5.93.